The maximum Gasteiger partial charge on any atom is 0.409 e. The molecule has 1 fully saturated rings. The average Bonchev–Trinajstić information content (AvgIpc) is 2.97. The van der Waals surface area contributed by atoms with Crippen LogP contribution in [0.25, 0.3) is 6.08 Å². The second-order valence-electron chi connectivity index (χ2n) is 7.84. The molecule has 1 N–H and O–H groups in total. The molecule has 0 bridgehead atoms. The van der Waals surface area contributed by atoms with E-state index in [4.69, 9.17) is 9.47 Å². The van der Waals surface area contributed by atoms with Crippen molar-refractivity contribution in [1.82, 2.24) is 9.80 Å². The van der Waals surface area contributed by atoms with E-state index in [1.807, 2.05) is 30.9 Å². The summed E-state index contributed by atoms with van der Waals surface area (Å²) in [5, 5.41) is 2.89. The minimum Gasteiger partial charge on any atom is -0.463 e. The van der Waals surface area contributed by atoms with Crippen LogP contribution in [0.3, 0.4) is 0 Å². The molecule has 8 nitrogen and oxygen atoms in total. The van der Waals surface area contributed by atoms with E-state index in [0.29, 0.717) is 44.5 Å². The second kappa shape index (κ2) is 12.7. The van der Waals surface area contributed by atoms with Crippen LogP contribution in [-0.4, -0.2) is 73.7 Å². The lowest BCUT2D eigenvalue weighted by Gasteiger charge is -2.21. The molecule has 8 heteroatoms. The van der Waals surface area contributed by atoms with Crippen molar-refractivity contribution in [2.45, 2.75) is 27.2 Å². The summed E-state index contributed by atoms with van der Waals surface area (Å²) in [5.41, 5.74) is 1.52. The van der Waals surface area contributed by atoms with E-state index < -0.39 is 0 Å². The van der Waals surface area contributed by atoms with Crippen molar-refractivity contribution in [3.8, 4) is 0 Å². The number of amides is 2. The van der Waals surface area contributed by atoms with Crippen LogP contribution < -0.4 is 5.32 Å². The normalized spacial score (nSPS) is 15.0. The number of carbonyl (C=O) groups excluding carboxylic acids is 3. The van der Waals surface area contributed by atoms with Crippen molar-refractivity contribution in [3.05, 3.63) is 35.9 Å². The Bertz CT molecular complexity index is 761. The molecule has 0 atom stereocenters. The Hall–Kier alpha value is -2.87. The summed E-state index contributed by atoms with van der Waals surface area (Å²) in [6, 6.07) is 7.21. The number of rotatable bonds is 8. The predicted molar refractivity (Wildman–Crippen MR) is 120 cm³/mol. The van der Waals surface area contributed by atoms with Gasteiger partial charge in [0.15, 0.2) is 0 Å². The molecular weight excluding hydrogens is 398 g/mol. The van der Waals surface area contributed by atoms with E-state index in [2.05, 4.69) is 5.32 Å². The Balaban J connectivity index is 1.78. The zero-order valence-corrected chi connectivity index (χ0v) is 18.6. The highest BCUT2D eigenvalue weighted by Gasteiger charge is 2.21. The van der Waals surface area contributed by atoms with Gasteiger partial charge in [0.2, 0.25) is 5.91 Å². The van der Waals surface area contributed by atoms with Gasteiger partial charge in [0.25, 0.3) is 0 Å². The fourth-order valence-electron chi connectivity index (χ4n) is 3.08. The van der Waals surface area contributed by atoms with Crippen LogP contribution in [0.2, 0.25) is 0 Å². The van der Waals surface area contributed by atoms with Crippen LogP contribution >= 0.6 is 0 Å². The number of esters is 1. The molecule has 31 heavy (non-hydrogen) atoms. The lowest BCUT2D eigenvalue weighted by Crippen LogP contribution is -2.38. The number of carbonyl (C=O) groups is 3. The van der Waals surface area contributed by atoms with Gasteiger partial charge in [-0.1, -0.05) is 26.0 Å². The van der Waals surface area contributed by atoms with Crippen LogP contribution in [0, 0.1) is 5.92 Å². The molecule has 170 valence electrons. The third-order valence-corrected chi connectivity index (χ3v) is 4.65. The summed E-state index contributed by atoms with van der Waals surface area (Å²) in [6.45, 7) is 9.34. The summed E-state index contributed by atoms with van der Waals surface area (Å²) >= 11 is 0. The molecule has 0 spiro atoms. The molecule has 1 aromatic rings. The van der Waals surface area contributed by atoms with Gasteiger partial charge >= 0.3 is 12.1 Å². The monoisotopic (exact) mass is 431 g/mol. The fraction of sp³-hybridized carbons (Fsp3) is 0.522. The first-order valence-corrected chi connectivity index (χ1v) is 10.8. The summed E-state index contributed by atoms with van der Waals surface area (Å²) in [6.07, 6.45) is 3.56. The Morgan fingerprint density at radius 1 is 1.06 bits per heavy atom. The van der Waals surface area contributed by atoms with Gasteiger partial charge in [-0.15, -0.1) is 0 Å². The Labute approximate surface area is 184 Å². The fourth-order valence-corrected chi connectivity index (χ4v) is 3.08. The SMILES string of the molecule is CCOC(=O)/C=C/c1ccc(NC(=O)CN2CCCN(C(=O)OCC(C)C)CC2)cc1. The molecule has 1 aliphatic heterocycles. The van der Waals surface area contributed by atoms with Crippen LogP contribution in [0.1, 0.15) is 32.8 Å². The average molecular weight is 432 g/mol. The highest BCUT2D eigenvalue weighted by atomic mass is 16.6. The maximum atomic E-state index is 12.4. The number of ether oxygens (including phenoxy) is 2. The number of anilines is 1. The van der Waals surface area contributed by atoms with Gasteiger partial charge in [0.05, 0.1) is 19.8 Å². The summed E-state index contributed by atoms with van der Waals surface area (Å²) in [4.78, 5) is 39.7. The zero-order valence-electron chi connectivity index (χ0n) is 18.6. The Morgan fingerprint density at radius 2 is 1.81 bits per heavy atom. The molecule has 2 amide bonds. The molecule has 0 saturated carbocycles. The van der Waals surface area contributed by atoms with Crippen LogP contribution in [-0.2, 0) is 19.1 Å². The van der Waals surface area contributed by atoms with Gasteiger partial charge < -0.3 is 19.7 Å². The van der Waals surface area contributed by atoms with Gasteiger partial charge in [0, 0.05) is 37.9 Å². The minimum absolute atomic E-state index is 0.106. The molecule has 1 saturated heterocycles. The smallest absolute Gasteiger partial charge is 0.409 e. The first-order chi connectivity index (χ1) is 14.9. The molecule has 0 aromatic heterocycles. The number of nitrogens with one attached hydrogen (secondary N) is 1. The number of hydrogen-bond acceptors (Lipinski definition) is 6. The van der Waals surface area contributed by atoms with Crippen molar-refractivity contribution >= 4 is 29.7 Å². The topological polar surface area (TPSA) is 88.2 Å². The van der Waals surface area contributed by atoms with E-state index in [1.165, 1.54) is 6.08 Å². The Morgan fingerprint density at radius 3 is 2.48 bits per heavy atom. The maximum absolute atomic E-state index is 12.4. The van der Waals surface area contributed by atoms with E-state index in [-0.39, 0.29) is 24.5 Å². The van der Waals surface area contributed by atoms with Gasteiger partial charge in [-0.25, -0.2) is 9.59 Å². The number of nitrogens with zero attached hydrogens (tertiary/aromatic N) is 2. The quantitative estimate of drug-likeness (QED) is 0.503. The van der Waals surface area contributed by atoms with Gasteiger partial charge in [0.1, 0.15) is 0 Å². The molecule has 0 radical (unpaired) electrons. The molecule has 2 rings (SSSR count). The molecular formula is C23H33N3O5. The third kappa shape index (κ3) is 9.21. The third-order valence-electron chi connectivity index (χ3n) is 4.65. The molecule has 1 aliphatic rings. The number of benzene rings is 1. The van der Waals surface area contributed by atoms with E-state index in [1.54, 1.807) is 30.0 Å². The van der Waals surface area contributed by atoms with Gasteiger partial charge in [-0.3, -0.25) is 9.69 Å². The molecule has 0 unspecified atom stereocenters. The van der Waals surface area contributed by atoms with Crippen molar-refractivity contribution < 1.29 is 23.9 Å². The highest BCUT2D eigenvalue weighted by Crippen LogP contribution is 2.12. The highest BCUT2D eigenvalue weighted by molar-refractivity contribution is 5.92. The van der Waals surface area contributed by atoms with Crippen molar-refractivity contribution in [2.75, 3.05) is 51.3 Å². The van der Waals surface area contributed by atoms with Gasteiger partial charge in [-0.2, -0.15) is 0 Å². The summed E-state index contributed by atoms with van der Waals surface area (Å²) < 4.78 is 10.2. The van der Waals surface area contributed by atoms with Gasteiger partial charge in [-0.05, 0) is 43.0 Å². The molecule has 1 heterocycles. The minimum atomic E-state index is -0.385. The van der Waals surface area contributed by atoms with E-state index in [0.717, 1.165) is 18.5 Å². The first-order valence-electron chi connectivity index (χ1n) is 10.8. The van der Waals surface area contributed by atoms with E-state index in [9.17, 15) is 14.4 Å². The zero-order chi connectivity index (χ0) is 22.6. The first kappa shape index (κ1) is 24.4. The van der Waals surface area contributed by atoms with Crippen LogP contribution in [0.4, 0.5) is 10.5 Å². The lowest BCUT2D eigenvalue weighted by atomic mass is 10.2. The summed E-state index contributed by atoms with van der Waals surface area (Å²) in [7, 11) is 0. The van der Waals surface area contributed by atoms with Crippen molar-refractivity contribution in [3.63, 3.8) is 0 Å². The second-order valence-corrected chi connectivity index (χ2v) is 7.84. The van der Waals surface area contributed by atoms with Crippen LogP contribution in [0.15, 0.2) is 30.3 Å². The lowest BCUT2D eigenvalue weighted by molar-refractivity contribution is -0.137. The van der Waals surface area contributed by atoms with Crippen molar-refractivity contribution in [1.29, 1.82) is 0 Å². The molecule has 0 aliphatic carbocycles. The Kier molecular flexibility index (Phi) is 10.0. The predicted octanol–water partition coefficient (Wildman–Crippen LogP) is 3.00. The van der Waals surface area contributed by atoms with Crippen LogP contribution in [0.5, 0.6) is 0 Å². The largest absolute Gasteiger partial charge is 0.463 e. The number of hydrogen-bond donors (Lipinski definition) is 1. The molecule has 1 aromatic carbocycles. The standard InChI is InChI=1S/C23H33N3O5/c1-4-30-22(28)11-8-19-6-9-20(10-7-19)24-21(27)16-25-12-5-13-26(15-14-25)23(29)31-17-18(2)3/h6-11,18H,4-5,12-17H2,1-3H3,(H,24,27)/b11-8+. The van der Waals surface area contributed by atoms with Crippen molar-refractivity contribution in [2.24, 2.45) is 5.92 Å². The summed E-state index contributed by atoms with van der Waals surface area (Å²) in [5.74, 6) is -0.187. The van der Waals surface area contributed by atoms with E-state index >= 15 is 0 Å².